The maximum absolute atomic E-state index is 5.84. The molecular weight excluding hydrogens is 266 g/mol. The van der Waals surface area contributed by atoms with Crippen molar-refractivity contribution in [2.24, 2.45) is 5.73 Å². The number of nitrogens with two attached hydrogens (primary N) is 1. The van der Waals surface area contributed by atoms with E-state index in [4.69, 9.17) is 10.5 Å². The van der Waals surface area contributed by atoms with E-state index < -0.39 is 0 Å². The van der Waals surface area contributed by atoms with Gasteiger partial charge in [0.25, 0.3) is 0 Å². The number of benzene rings is 2. The molecule has 2 aromatic carbocycles. The zero-order chi connectivity index (χ0) is 13.9. The van der Waals surface area contributed by atoms with Crippen LogP contribution < -0.4 is 10.5 Å². The second-order valence-electron chi connectivity index (χ2n) is 5.14. The summed E-state index contributed by atoms with van der Waals surface area (Å²) in [6, 6.07) is 14.9. The van der Waals surface area contributed by atoms with Crippen LogP contribution in [-0.2, 0) is 0 Å². The Morgan fingerprint density at radius 2 is 2.10 bits per heavy atom. The summed E-state index contributed by atoms with van der Waals surface area (Å²) in [6.45, 7) is 3.61. The van der Waals surface area contributed by atoms with Crippen molar-refractivity contribution in [2.75, 3.05) is 13.2 Å². The van der Waals surface area contributed by atoms with Crippen LogP contribution in [0, 0.1) is 6.92 Å². The van der Waals surface area contributed by atoms with Gasteiger partial charge in [0.05, 0.1) is 6.61 Å². The van der Waals surface area contributed by atoms with Crippen molar-refractivity contribution < 1.29 is 4.74 Å². The van der Waals surface area contributed by atoms with Gasteiger partial charge < -0.3 is 10.5 Å². The van der Waals surface area contributed by atoms with Gasteiger partial charge in [0.1, 0.15) is 5.75 Å². The van der Waals surface area contributed by atoms with Gasteiger partial charge in [-0.2, -0.15) is 0 Å². The SMILES string of the molecule is Cc1ccccc1Sc1ccc2c(c1)OCCC2CN. The van der Waals surface area contributed by atoms with Crippen LogP contribution in [-0.4, -0.2) is 13.2 Å². The van der Waals surface area contributed by atoms with Crippen LogP contribution in [0.4, 0.5) is 0 Å². The number of rotatable bonds is 3. The molecule has 0 aliphatic carbocycles. The molecule has 3 heteroatoms. The maximum atomic E-state index is 5.84. The van der Waals surface area contributed by atoms with Crippen molar-refractivity contribution in [3.05, 3.63) is 53.6 Å². The highest BCUT2D eigenvalue weighted by molar-refractivity contribution is 7.99. The molecule has 0 aromatic heterocycles. The van der Waals surface area contributed by atoms with Gasteiger partial charge in [-0.25, -0.2) is 0 Å². The minimum Gasteiger partial charge on any atom is -0.493 e. The Hall–Kier alpha value is -1.45. The van der Waals surface area contributed by atoms with Crippen molar-refractivity contribution in [3.63, 3.8) is 0 Å². The van der Waals surface area contributed by atoms with Crippen LogP contribution in [0.1, 0.15) is 23.5 Å². The fourth-order valence-corrected chi connectivity index (χ4v) is 3.48. The number of ether oxygens (including phenoxy) is 1. The summed E-state index contributed by atoms with van der Waals surface area (Å²) in [6.07, 6.45) is 1.02. The van der Waals surface area contributed by atoms with E-state index in [1.165, 1.54) is 20.9 Å². The predicted molar refractivity (Wildman–Crippen MR) is 83.7 cm³/mol. The number of hydrogen-bond acceptors (Lipinski definition) is 3. The Balaban J connectivity index is 1.87. The van der Waals surface area contributed by atoms with Gasteiger partial charge in [-0.3, -0.25) is 0 Å². The summed E-state index contributed by atoms with van der Waals surface area (Å²) < 4.78 is 5.80. The van der Waals surface area contributed by atoms with Crippen LogP contribution in [0.3, 0.4) is 0 Å². The van der Waals surface area contributed by atoms with E-state index in [1.54, 1.807) is 11.8 Å². The van der Waals surface area contributed by atoms with Crippen molar-refractivity contribution in [3.8, 4) is 5.75 Å². The Kier molecular flexibility index (Phi) is 3.99. The molecule has 2 aromatic rings. The molecule has 0 saturated carbocycles. The van der Waals surface area contributed by atoms with E-state index in [0.29, 0.717) is 12.5 Å². The monoisotopic (exact) mass is 285 g/mol. The third-order valence-corrected chi connectivity index (χ3v) is 4.92. The van der Waals surface area contributed by atoms with Crippen molar-refractivity contribution in [2.45, 2.75) is 29.1 Å². The number of aryl methyl sites for hydroxylation is 1. The summed E-state index contributed by atoms with van der Waals surface area (Å²) in [5.41, 5.74) is 8.40. The van der Waals surface area contributed by atoms with E-state index >= 15 is 0 Å². The Morgan fingerprint density at radius 3 is 2.90 bits per heavy atom. The van der Waals surface area contributed by atoms with E-state index in [1.807, 2.05) is 0 Å². The summed E-state index contributed by atoms with van der Waals surface area (Å²) in [7, 11) is 0. The summed E-state index contributed by atoms with van der Waals surface area (Å²) in [5.74, 6) is 1.45. The lowest BCUT2D eigenvalue weighted by atomic mass is 9.93. The van der Waals surface area contributed by atoms with Gasteiger partial charge in [0, 0.05) is 15.7 Å². The highest BCUT2D eigenvalue weighted by atomic mass is 32.2. The molecule has 1 unspecified atom stereocenters. The number of hydrogen-bond donors (Lipinski definition) is 1. The normalized spacial score (nSPS) is 17.4. The van der Waals surface area contributed by atoms with Crippen molar-refractivity contribution in [1.29, 1.82) is 0 Å². The first-order chi connectivity index (χ1) is 9.78. The predicted octanol–water partition coefficient (Wildman–Crippen LogP) is 3.97. The quantitative estimate of drug-likeness (QED) is 0.926. The molecule has 1 atom stereocenters. The first-order valence-electron chi connectivity index (χ1n) is 6.98. The Morgan fingerprint density at radius 1 is 1.25 bits per heavy atom. The molecule has 20 heavy (non-hydrogen) atoms. The highest BCUT2D eigenvalue weighted by Crippen LogP contribution is 2.38. The van der Waals surface area contributed by atoms with Crippen LogP contribution >= 0.6 is 11.8 Å². The fourth-order valence-electron chi connectivity index (χ4n) is 2.55. The van der Waals surface area contributed by atoms with E-state index in [9.17, 15) is 0 Å². The average molecular weight is 285 g/mol. The molecule has 0 saturated heterocycles. The molecule has 0 spiro atoms. The smallest absolute Gasteiger partial charge is 0.123 e. The van der Waals surface area contributed by atoms with Gasteiger partial charge >= 0.3 is 0 Å². The summed E-state index contributed by atoms with van der Waals surface area (Å²) >= 11 is 1.78. The van der Waals surface area contributed by atoms with Crippen molar-refractivity contribution in [1.82, 2.24) is 0 Å². The van der Waals surface area contributed by atoms with Crippen LogP contribution in [0.2, 0.25) is 0 Å². The van der Waals surface area contributed by atoms with Gasteiger partial charge in [-0.05, 0) is 49.2 Å². The second-order valence-corrected chi connectivity index (χ2v) is 6.25. The van der Waals surface area contributed by atoms with Crippen molar-refractivity contribution >= 4 is 11.8 Å². The Labute approximate surface area is 124 Å². The zero-order valence-corrected chi connectivity index (χ0v) is 12.5. The van der Waals surface area contributed by atoms with Crippen LogP contribution in [0.5, 0.6) is 5.75 Å². The minimum atomic E-state index is 0.441. The maximum Gasteiger partial charge on any atom is 0.123 e. The molecule has 1 aliphatic heterocycles. The standard InChI is InChI=1S/C17H19NOS/c1-12-4-2-3-5-17(12)20-14-6-7-15-13(11-18)8-9-19-16(15)10-14/h2-7,10,13H,8-9,11,18H2,1H3. The largest absolute Gasteiger partial charge is 0.493 e. The lowest BCUT2D eigenvalue weighted by Crippen LogP contribution is -2.20. The molecule has 104 valence electrons. The fraction of sp³-hybridized carbons (Fsp3) is 0.294. The van der Waals surface area contributed by atoms with Crippen LogP contribution in [0.25, 0.3) is 0 Å². The number of fused-ring (bicyclic) bond motifs is 1. The molecule has 3 rings (SSSR count). The molecule has 0 amide bonds. The third kappa shape index (κ3) is 2.69. The van der Waals surface area contributed by atoms with Gasteiger partial charge in [-0.15, -0.1) is 0 Å². The summed E-state index contributed by atoms with van der Waals surface area (Å²) in [4.78, 5) is 2.51. The molecule has 2 nitrogen and oxygen atoms in total. The molecule has 2 N–H and O–H groups in total. The molecule has 0 radical (unpaired) electrons. The first kappa shape index (κ1) is 13.5. The van der Waals surface area contributed by atoms with Gasteiger partial charge in [-0.1, -0.05) is 36.0 Å². The van der Waals surface area contributed by atoms with Gasteiger partial charge in [0.2, 0.25) is 0 Å². The second kappa shape index (κ2) is 5.90. The minimum absolute atomic E-state index is 0.441. The molecular formula is C17H19NOS. The first-order valence-corrected chi connectivity index (χ1v) is 7.80. The van der Waals surface area contributed by atoms with E-state index in [0.717, 1.165) is 18.8 Å². The van der Waals surface area contributed by atoms with Crippen LogP contribution in [0.15, 0.2) is 52.3 Å². The molecule has 0 fully saturated rings. The molecule has 1 aliphatic rings. The lowest BCUT2D eigenvalue weighted by molar-refractivity contribution is 0.268. The average Bonchev–Trinajstić information content (AvgIpc) is 2.49. The highest BCUT2D eigenvalue weighted by Gasteiger charge is 2.20. The van der Waals surface area contributed by atoms with E-state index in [2.05, 4.69) is 49.4 Å². The summed E-state index contributed by atoms with van der Waals surface area (Å²) in [5, 5.41) is 0. The Bertz CT molecular complexity index is 612. The molecule has 0 bridgehead atoms. The zero-order valence-electron chi connectivity index (χ0n) is 11.6. The topological polar surface area (TPSA) is 35.2 Å². The third-order valence-electron chi connectivity index (χ3n) is 3.75. The molecule has 1 heterocycles. The lowest BCUT2D eigenvalue weighted by Gasteiger charge is -2.25. The van der Waals surface area contributed by atoms with Gasteiger partial charge in [0.15, 0.2) is 0 Å². The van der Waals surface area contributed by atoms with E-state index in [-0.39, 0.29) is 0 Å².